The highest BCUT2D eigenvalue weighted by atomic mass is 79.9. The van der Waals surface area contributed by atoms with Crippen LogP contribution in [0.5, 0.6) is 0 Å². The van der Waals surface area contributed by atoms with Gasteiger partial charge in [-0.15, -0.1) is 0 Å². The first-order valence-electron chi connectivity index (χ1n) is 13.0. The van der Waals surface area contributed by atoms with Crippen molar-refractivity contribution in [2.75, 3.05) is 17.4 Å². The van der Waals surface area contributed by atoms with E-state index in [9.17, 15) is 18.0 Å². The molecule has 9 heteroatoms. The third-order valence-electron chi connectivity index (χ3n) is 6.27. The number of rotatable bonds is 12. The molecule has 39 heavy (non-hydrogen) atoms. The quantitative estimate of drug-likeness (QED) is 0.291. The summed E-state index contributed by atoms with van der Waals surface area (Å²) in [6.07, 6.45) is 0.380. The smallest absolute Gasteiger partial charge is 0.264 e. The van der Waals surface area contributed by atoms with Gasteiger partial charge in [0.1, 0.15) is 12.6 Å². The number of benzene rings is 3. The van der Waals surface area contributed by atoms with Gasteiger partial charge in [-0.05, 0) is 61.2 Å². The van der Waals surface area contributed by atoms with Gasteiger partial charge in [-0.25, -0.2) is 8.42 Å². The number of aryl methyl sites for hydroxylation is 1. The van der Waals surface area contributed by atoms with E-state index in [1.165, 1.54) is 17.0 Å². The number of hydrogen-bond donors (Lipinski definition) is 1. The number of amides is 2. The average Bonchev–Trinajstić information content (AvgIpc) is 2.92. The fourth-order valence-corrected chi connectivity index (χ4v) is 5.79. The van der Waals surface area contributed by atoms with Crippen molar-refractivity contribution >= 4 is 43.5 Å². The average molecular weight is 615 g/mol. The minimum Gasteiger partial charge on any atom is -0.354 e. The molecule has 1 N–H and O–H groups in total. The number of nitrogens with zero attached hydrogens (tertiary/aromatic N) is 2. The second kappa shape index (κ2) is 13.8. The first-order chi connectivity index (χ1) is 18.5. The molecule has 1 atom stereocenters. The molecule has 0 aromatic heterocycles. The lowest BCUT2D eigenvalue weighted by Gasteiger charge is -2.33. The summed E-state index contributed by atoms with van der Waals surface area (Å²) in [6, 6.07) is 21.8. The molecule has 2 amide bonds. The first-order valence-corrected chi connectivity index (χ1v) is 15.2. The van der Waals surface area contributed by atoms with Gasteiger partial charge in [0.2, 0.25) is 11.8 Å². The lowest BCUT2D eigenvalue weighted by Crippen LogP contribution is -2.52. The highest BCUT2D eigenvalue weighted by molar-refractivity contribution is 9.10. The molecule has 0 unspecified atom stereocenters. The van der Waals surface area contributed by atoms with Crippen LogP contribution in [0.15, 0.2) is 88.2 Å². The van der Waals surface area contributed by atoms with E-state index in [0.717, 1.165) is 19.9 Å². The minimum absolute atomic E-state index is 0.0764. The second-order valence-corrected chi connectivity index (χ2v) is 12.6. The molecule has 7 nitrogen and oxygen atoms in total. The van der Waals surface area contributed by atoms with Crippen LogP contribution in [0.3, 0.4) is 0 Å². The van der Waals surface area contributed by atoms with Crippen molar-refractivity contribution in [2.24, 2.45) is 5.92 Å². The van der Waals surface area contributed by atoms with Gasteiger partial charge in [-0.2, -0.15) is 0 Å². The van der Waals surface area contributed by atoms with Crippen molar-refractivity contribution in [3.63, 3.8) is 0 Å². The summed E-state index contributed by atoms with van der Waals surface area (Å²) in [6.45, 7) is 8.02. The molecule has 0 aliphatic rings. The van der Waals surface area contributed by atoms with Crippen molar-refractivity contribution in [3.8, 4) is 0 Å². The molecule has 208 valence electrons. The SMILES string of the molecule is CC[C@H](C(=O)NCC(C)C)N(Cc1ccc(C)cc1)C(=O)CN(c1ccc(Br)cc1)S(=O)(=O)c1ccccc1. The van der Waals surface area contributed by atoms with Gasteiger partial charge in [-0.3, -0.25) is 13.9 Å². The summed E-state index contributed by atoms with van der Waals surface area (Å²) in [7, 11) is -4.08. The molecule has 0 bridgehead atoms. The minimum atomic E-state index is -4.08. The number of hydrogen-bond acceptors (Lipinski definition) is 4. The highest BCUT2D eigenvalue weighted by Gasteiger charge is 2.33. The molecule has 0 fully saturated rings. The number of nitrogens with one attached hydrogen (secondary N) is 1. The van der Waals surface area contributed by atoms with E-state index >= 15 is 0 Å². The standard InChI is InChI=1S/C30H36BrN3O4S/c1-5-28(30(36)32-19-22(2)3)33(20-24-13-11-23(4)12-14-24)29(35)21-34(26-17-15-25(31)16-18-26)39(37,38)27-9-7-6-8-10-27/h6-18,22,28H,5,19-21H2,1-4H3,(H,32,36)/t28-/m1/s1. The van der Waals surface area contributed by atoms with Crippen LogP contribution in [0.25, 0.3) is 0 Å². The Morgan fingerprint density at radius 3 is 2.10 bits per heavy atom. The molecule has 0 aliphatic heterocycles. The van der Waals surface area contributed by atoms with E-state index in [2.05, 4.69) is 21.2 Å². The molecule has 0 saturated carbocycles. The lowest BCUT2D eigenvalue weighted by atomic mass is 10.1. The highest BCUT2D eigenvalue weighted by Crippen LogP contribution is 2.26. The zero-order chi connectivity index (χ0) is 28.6. The Morgan fingerprint density at radius 1 is 0.923 bits per heavy atom. The zero-order valence-electron chi connectivity index (χ0n) is 22.8. The summed E-state index contributed by atoms with van der Waals surface area (Å²) >= 11 is 3.39. The predicted molar refractivity (Wildman–Crippen MR) is 159 cm³/mol. The Balaban J connectivity index is 2.02. The largest absolute Gasteiger partial charge is 0.354 e. The van der Waals surface area contributed by atoms with Gasteiger partial charge in [0.05, 0.1) is 10.6 Å². The lowest BCUT2D eigenvalue weighted by molar-refractivity contribution is -0.140. The molecule has 3 rings (SSSR count). The van der Waals surface area contributed by atoms with Crippen molar-refractivity contribution in [1.29, 1.82) is 0 Å². The van der Waals surface area contributed by atoms with Crippen LogP contribution < -0.4 is 9.62 Å². The van der Waals surface area contributed by atoms with Crippen LogP contribution in [0.4, 0.5) is 5.69 Å². The van der Waals surface area contributed by atoms with Crippen molar-refractivity contribution in [2.45, 2.75) is 51.6 Å². The van der Waals surface area contributed by atoms with Gasteiger partial charge in [0.15, 0.2) is 0 Å². The molecule has 0 aliphatic carbocycles. The Labute approximate surface area is 240 Å². The van der Waals surface area contributed by atoms with Gasteiger partial charge in [-0.1, -0.05) is 84.7 Å². The van der Waals surface area contributed by atoms with Crippen LogP contribution in [0, 0.1) is 12.8 Å². The topological polar surface area (TPSA) is 86.8 Å². The van der Waals surface area contributed by atoms with Crippen molar-refractivity contribution < 1.29 is 18.0 Å². The number of sulfonamides is 1. The molecule has 3 aromatic rings. The Kier molecular flexibility index (Phi) is 10.7. The van der Waals surface area contributed by atoms with Gasteiger partial charge >= 0.3 is 0 Å². The maximum absolute atomic E-state index is 14.0. The Bertz CT molecular complexity index is 1350. The zero-order valence-corrected chi connectivity index (χ0v) is 25.2. The monoisotopic (exact) mass is 613 g/mol. The number of carbonyl (C=O) groups is 2. The first kappa shape index (κ1) is 30.4. The van der Waals surface area contributed by atoms with Crippen LogP contribution in [-0.4, -0.2) is 44.3 Å². The summed E-state index contributed by atoms with van der Waals surface area (Å²) in [5.74, 6) is -0.478. The van der Waals surface area contributed by atoms with Gasteiger partial charge in [0.25, 0.3) is 10.0 Å². The maximum Gasteiger partial charge on any atom is 0.264 e. The number of anilines is 1. The molecule has 0 spiro atoms. The molecule has 3 aromatic carbocycles. The molecule has 0 saturated heterocycles. The number of halogens is 1. The fourth-order valence-electron chi connectivity index (χ4n) is 4.09. The number of carbonyl (C=O) groups excluding carboxylic acids is 2. The second-order valence-electron chi connectivity index (χ2n) is 9.87. The van der Waals surface area contributed by atoms with Crippen LogP contribution in [-0.2, 0) is 26.2 Å². The normalized spacial score (nSPS) is 12.2. The van der Waals surface area contributed by atoms with Gasteiger partial charge in [0, 0.05) is 17.6 Å². The van der Waals surface area contributed by atoms with Crippen molar-refractivity contribution in [1.82, 2.24) is 10.2 Å². The molecule has 0 heterocycles. The summed E-state index contributed by atoms with van der Waals surface area (Å²) in [5.41, 5.74) is 2.28. The summed E-state index contributed by atoms with van der Waals surface area (Å²) in [4.78, 5) is 28.8. The van der Waals surface area contributed by atoms with E-state index < -0.39 is 28.5 Å². The van der Waals surface area contributed by atoms with Crippen LogP contribution in [0.1, 0.15) is 38.3 Å². The van der Waals surface area contributed by atoms with E-state index in [0.29, 0.717) is 18.7 Å². The van der Waals surface area contributed by atoms with E-state index in [-0.39, 0.29) is 23.3 Å². The molecular formula is C30H36BrN3O4S. The van der Waals surface area contributed by atoms with Crippen LogP contribution >= 0.6 is 15.9 Å². The van der Waals surface area contributed by atoms with E-state index in [1.807, 2.05) is 52.0 Å². The Hall–Kier alpha value is -3.17. The van der Waals surface area contributed by atoms with Crippen LogP contribution in [0.2, 0.25) is 0 Å². The third kappa shape index (κ3) is 8.16. The summed E-state index contributed by atoms with van der Waals surface area (Å²) in [5, 5.41) is 2.94. The maximum atomic E-state index is 14.0. The van der Waals surface area contributed by atoms with E-state index in [1.54, 1.807) is 42.5 Å². The molecule has 0 radical (unpaired) electrons. The third-order valence-corrected chi connectivity index (χ3v) is 8.59. The van der Waals surface area contributed by atoms with Crippen molar-refractivity contribution in [3.05, 3.63) is 94.5 Å². The molecular weight excluding hydrogens is 578 g/mol. The fraction of sp³-hybridized carbons (Fsp3) is 0.333. The van der Waals surface area contributed by atoms with Gasteiger partial charge < -0.3 is 10.2 Å². The summed E-state index contributed by atoms with van der Waals surface area (Å²) < 4.78 is 29.5. The Morgan fingerprint density at radius 2 is 1.54 bits per heavy atom. The predicted octanol–water partition coefficient (Wildman–Crippen LogP) is 5.53. The van der Waals surface area contributed by atoms with E-state index in [4.69, 9.17) is 0 Å².